The van der Waals surface area contributed by atoms with E-state index in [0.29, 0.717) is 0 Å². The van der Waals surface area contributed by atoms with E-state index < -0.39 is 23.7 Å². The SMILES string of the molecule is CCCCC[B]c1ccc(C[C@H](NC(=O)OC(C)(C)C)C(=O)O)cc1. The van der Waals surface area contributed by atoms with Crippen molar-refractivity contribution in [3.63, 3.8) is 0 Å². The number of hydrogen-bond donors (Lipinski definition) is 2. The molecule has 2 N–H and O–H groups in total. The molecule has 6 heteroatoms. The van der Waals surface area contributed by atoms with Crippen LogP contribution < -0.4 is 10.8 Å². The van der Waals surface area contributed by atoms with Crippen LogP contribution in [0.3, 0.4) is 0 Å². The maximum atomic E-state index is 11.8. The predicted octanol–water partition coefficient (Wildman–Crippen LogP) is 3.15. The van der Waals surface area contributed by atoms with Gasteiger partial charge < -0.3 is 15.2 Å². The van der Waals surface area contributed by atoms with Crippen LogP contribution in [-0.2, 0) is 16.0 Å². The fourth-order valence-corrected chi connectivity index (χ4v) is 2.34. The molecule has 0 aliphatic rings. The van der Waals surface area contributed by atoms with E-state index in [0.717, 1.165) is 17.3 Å². The molecule has 137 valence electrons. The van der Waals surface area contributed by atoms with E-state index in [1.54, 1.807) is 20.8 Å². The Morgan fingerprint density at radius 1 is 1.20 bits per heavy atom. The van der Waals surface area contributed by atoms with E-state index in [1.165, 1.54) is 19.3 Å². The molecule has 0 aliphatic carbocycles. The van der Waals surface area contributed by atoms with Crippen molar-refractivity contribution in [2.45, 2.75) is 71.3 Å². The molecule has 0 saturated heterocycles. The molecule has 1 aromatic carbocycles. The summed E-state index contributed by atoms with van der Waals surface area (Å²) in [5, 5.41) is 11.7. The minimum Gasteiger partial charge on any atom is -0.480 e. The number of nitrogens with one attached hydrogen (secondary N) is 1. The Morgan fingerprint density at radius 2 is 1.84 bits per heavy atom. The normalized spacial score (nSPS) is 12.3. The first kappa shape index (κ1) is 21.1. The van der Waals surface area contributed by atoms with Gasteiger partial charge in [-0.1, -0.05) is 62.2 Å². The molecule has 5 nitrogen and oxygen atoms in total. The average molecular weight is 346 g/mol. The van der Waals surface area contributed by atoms with E-state index in [9.17, 15) is 14.7 Å². The van der Waals surface area contributed by atoms with Gasteiger partial charge in [-0.15, -0.1) is 0 Å². The highest BCUT2D eigenvalue weighted by atomic mass is 16.6. The summed E-state index contributed by atoms with van der Waals surface area (Å²) < 4.78 is 5.12. The van der Waals surface area contributed by atoms with Crippen molar-refractivity contribution in [2.75, 3.05) is 0 Å². The van der Waals surface area contributed by atoms with Gasteiger partial charge in [-0.3, -0.25) is 0 Å². The number of hydrogen-bond acceptors (Lipinski definition) is 3. The molecule has 0 spiro atoms. The molecule has 0 fully saturated rings. The van der Waals surface area contributed by atoms with Gasteiger partial charge in [0.25, 0.3) is 0 Å². The van der Waals surface area contributed by atoms with E-state index >= 15 is 0 Å². The van der Waals surface area contributed by atoms with Crippen LogP contribution in [0.4, 0.5) is 4.79 Å². The Labute approximate surface area is 151 Å². The second-order valence-electron chi connectivity index (χ2n) is 7.18. The van der Waals surface area contributed by atoms with Crippen LogP contribution in [0.5, 0.6) is 0 Å². The first-order valence-electron chi connectivity index (χ1n) is 8.85. The maximum Gasteiger partial charge on any atom is 0.408 e. The highest BCUT2D eigenvalue weighted by Crippen LogP contribution is 2.08. The zero-order valence-electron chi connectivity index (χ0n) is 15.7. The Kier molecular flexibility index (Phi) is 8.52. The molecular weight excluding hydrogens is 317 g/mol. The Morgan fingerprint density at radius 3 is 2.36 bits per heavy atom. The van der Waals surface area contributed by atoms with Gasteiger partial charge in [0.05, 0.1) is 0 Å². The standard InChI is InChI=1S/C19H29BNO4/c1-5-6-7-12-20-15-10-8-14(9-11-15)13-16(17(22)23)21-18(24)25-19(2,3)4/h8-11,16H,5-7,12-13H2,1-4H3,(H,21,24)(H,22,23)/t16-/m0/s1. The zero-order valence-corrected chi connectivity index (χ0v) is 15.7. The Hall–Kier alpha value is -1.98. The van der Waals surface area contributed by atoms with Crippen molar-refractivity contribution in [3.05, 3.63) is 29.8 Å². The summed E-state index contributed by atoms with van der Waals surface area (Å²) in [4.78, 5) is 23.2. The van der Waals surface area contributed by atoms with Gasteiger partial charge >= 0.3 is 12.1 Å². The van der Waals surface area contributed by atoms with Crippen LogP contribution >= 0.6 is 0 Å². The summed E-state index contributed by atoms with van der Waals surface area (Å²) in [6.07, 6.45) is 4.15. The second-order valence-corrected chi connectivity index (χ2v) is 7.18. The zero-order chi connectivity index (χ0) is 18.9. The fraction of sp³-hybridized carbons (Fsp3) is 0.579. The summed E-state index contributed by atoms with van der Waals surface area (Å²) >= 11 is 0. The first-order chi connectivity index (χ1) is 11.7. The molecule has 0 saturated carbocycles. The smallest absolute Gasteiger partial charge is 0.408 e. The molecule has 1 amide bonds. The minimum absolute atomic E-state index is 0.213. The number of carbonyl (C=O) groups is 2. The van der Waals surface area contributed by atoms with E-state index in [-0.39, 0.29) is 6.42 Å². The topological polar surface area (TPSA) is 75.6 Å². The van der Waals surface area contributed by atoms with Crippen LogP contribution in [-0.4, -0.2) is 36.1 Å². The number of benzene rings is 1. The van der Waals surface area contributed by atoms with Gasteiger partial charge in [-0.25, -0.2) is 9.59 Å². The molecule has 0 unspecified atom stereocenters. The van der Waals surface area contributed by atoms with Gasteiger partial charge in [-0.05, 0) is 26.3 Å². The van der Waals surface area contributed by atoms with Crippen molar-refractivity contribution < 1.29 is 19.4 Å². The number of rotatable bonds is 9. The van der Waals surface area contributed by atoms with Gasteiger partial charge in [-0.2, -0.15) is 0 Å². The lowest BCUT2D eigenvalue weighted by Crippen LogP contribution is -2.44. The molecule has 1 atom stereocenters. The second kappa shape index (κ2) is 10.1. The van der Waals surface area contributed by atoms with Gasteiger partial charge in [0.2, 0.25) is 0 Å². The summed E-state index contributed by atoms with van der Waals surface area (Å²) in [5.74, 6) is -1.08. The highest BCUT2D eigenvalue weighted by molar-refractivity contribution is 6.53. The average Bonchev–Trinajstić information content (AvgIpc) is 2.50. The van der Waals surface area contributed by atoms with E-state index in [2.05, 4.69) is 19.5 Å². The van der Waals surface area contributed by atoms with Crippen LogP contribution in [0.2, 0.25) is 6.32 Å². The molecule has 1 radical (unpaired) electrons. The monoisotopic (exact) mass is 346 g/mol. The summed E-state index contributed by atoms with van der Waals surface area (Å²) in [6, 6.07) is 6.74. The lowest BCUT2D eigenvalue weighted by Gasteiger charge is -2.22. The number of amides is 1. The fourth-order valence-electron chi connectivity index (χ4n) is 2.34. The number of carboxylic acid groups (broad SMARTS) is 1. The third-order valence-corrected chi connectivity index (χ3v) is 3.60. The van der Waals surface area contributed by atoms with E-state index in [4.69, 9.17) is 4.74 Å². The number of carboxylic acids is 1. The maximum absolute atomic E-state index is 11.8. The summed E-state index contributed by atoms with van der Waals surface area (Å²) in [5.41, 5.74) is 1.32. The molecule has 0 bridgehead atoms. The molecule has 0 aliphatic heterocycles. The van der Waals surface area contributed by atoms with Gasteiger partial charge in [0.1, 0.15) is 11.6 Å². The van der Waals surface area contributed by atoms with Gasteiger partial charge in [0.15, 0.2) is 7.28 Å². The summed E-state index contributed by atoms with van der Waals surface area (Å²) in [7, 11) is 2.19. The quantitative estimate of drug-likeness (QED) is 0.532. The third kappa shape index (κ3) is 9.18. The molecule has 0 heterocycles. The summed E-state index contributed by atoms with van der Waals surface area (Å²) in [6.45, 7) is 7.38. The highest BCUT2D eigenvalue weighted by Gasteiger charge is 2.24. The Balaban J connectivity index is 2.57. The van der Waals surface area contributed by atoms with Crippen LogP contribution in [0.25, 0.3) is 0 Å². The molecular formula is C19H29BNO4. The van der Waals surface area contributed by atoms with Gasteiger partial charge in [0, 0.05) is 6.42 Å². The van der Waals surface area contributed by atoms with Crippen molar-refractivity contribution in [3.8, 4) is 0 Å². The number of ether oxygens (including phenoxy) is 1. The minimum atomic E-state index is -1.08. The van der Waals surface area contributed by atoms with Crippen molar-refractivity contribution in [1.82, 2.24) is 5.32 Å². The molecule has 0 aromatic heterocycles. The van der Waals surface area contributed by atoms with Crippen molar-refractivity contribution in [1.29, 1.82) is 0 Å². The van der Waals surface area contributed by atoms with Crippen molar-refractivity contribution in [2.24, 2.45) is 0 Å². The predicted molar refractivity (Wildman–Crippen MR) is 101 cm³/mol. The molecule has 1 rings (SSSR count). The number of carbonyl (C=O) groups excluding carboxylic acids is 1. The number of alkyl carbamates (subject to hydrolysis) is 1. The number of aliphatic carboxylic acids is 1. The molecule has 1 aromatic rings. The first-order valence-corrected chi connectivity index (χ1v) is 8.85. The van der Waals surface area contributed by atoms with Crippen LogP contribution in [0, 0.1) is 0 Å². The van der Waals surface area contributed by atoms with Crippen LogP contribution in [0.15, 0.2) is 24.3 Å². The Bertz CT molecular complexity index is 552. The number of unbranched alkanes of at least 4 members (excludes halogenated alkanes) is 2. The van der Waals surface area contributed by atoms with E-state index in [1.807, 2.05) is 24.3 Å². The largest absolute Gasteiger partial charge is 0.480 e. The lowest BCUT2D eigenvalue weighted by molar-refractivity contribution is -0.139. The lowest BCUT2D eigenvalue weighted by atomic mass is 9.66. The van der Waals surface area contributed by atoms with Crippen molar-refractivity contribution >= 4 is 24.8 Å². The third-order valence-electron chi connectivity index (χ3n) is 3.60. The molecule has 25 heavy (non-hydrogen) atoms. The van der Waals surface area contributed by atoms with Crippen LogP contribution in [0.1, 0.15) is 52.5 Å².